The quantitative estimate of drug-likeness (QED) is 0.476. The van der Waals surface area contributed by atoms with Gasteiger partial charge in [-0.2, -0.15) is 5.10 Å². The lowest BCUT2D eigenvalue weighted by Gasteiger charge is -2.07. The highest BCUT2D eigenvalue weighted by atomic mass is 32.1. The van der Waals surface area contributed by atoms with Crippen LogP contribution in [0.25, 0.3) is 11.4 Å². The fourth-order valence-electron chi connectivity index (χ4n) is 1.87. The Morgan fingerprint density at radius 3 is 2.80 bits per heavy atom. The van der Waals surface area contributed by atoms with Crippen LogP contribution >= 0.6 is 12.2 Å². The van der Waals surface area contributed by atoms with Gasteiger partial charge >= 0.3 is 0 Å². The van der Waals surface area contributed by atoms with Gasteiger partial charge in [0.15, 0.2) is 10.6 Å². The number of hydrogen-bond acceptors (Lipinski definition) is 3. The van der Waals surface area contributed by atoms with Crippen molar-refractivity contribution in [3.8, 4) is 17.1 Å². The van der Waals surface area contributed by atoms with Crippen LogP contribution in [0, 0.1) is 4.77 Å². The zero-order chi connectivity index (χ0) is 14.4. The number of H-pyrrole nitrogens is 1. The normalized spacial score (nSPS) is 10.4. The van der Waals surface area contributed by atoms with Crippen molar-refractivity contribution in [3.63, 3.8) is 0 Å². The Hall–Kier alpha value is -1.88. The lowest BCUT2D eigenvalue weighted by atomic mass is 10.2. The maximum Gasteiger partial charge on any atom is 0.195 e. The Bertz CT molecular complexity index is 613. The molecule has 0 bridgehead atoms. The summed E-state index contributed by atoms with van der Waals surface area (Å²) in [6, 6.07) is 7.90. The number of unbranched alkanes of at least 4 members (excludes halogenated alkanes) is 1. The van der Waals surface area contributed by atoms with Gasteiger partial charge in [0.05, 0.1) is 6.61 Å². The van der Waals surface area contributed by atoms with E-state index in [0.717, 1.165) is 36.6 Å². The van der Waals surface area contributed by atoms with Gasteiger partial charge < -0.3 is 4.74 Å². The van der Waals surface area contributed by atoms with Crippen molar-refractivity contribution >= 4 is 12.2 Å². The molecule has 1 N–H and O–H groups in total. The van der Waals surface area contributed by atoms with Gasteiger partial charge in [-0.05, 0) is 42.9 Å². The lowest BCUT2D eigenvalue weighted by Crippen LogP contribution is -1.99. The van der Waals surface area contributed by atoms with E-state index in [1.165, 1.54) is 0 Å². The van der Waals surface area contributed by atoms with Crippen LogP contribution in [0.2, 0.25) is 0 Å². The van der Waals surface area contributed by atoms with Crippen LogP contribution in [0.4, 0.5) is 0 Å². The molecule has 1 heterocycles. The summed E-state index contributed by atoms with van der Waals surface area (Å²) >= 11 is 5.21. The van der Waals surface area contributed by atoms with E-state index in [1.54, 1.807) is 6.08 Å². The van der Waals surface area contributed by atoms with Crippen molar-refractivity contribution in [1.29, 1.82) is 0 Å². The van der Waals surface area contributed by atoms with Crippen LogP contribution in [0.1, 0.15) is 19.8 Å². The number of nitrogens with one attached hydrogen (secondary N) is 1. The molecule has 106 valence electrons. The molecular weight excluding hydrogens is 270 g/mol. The third-order valence-electron chi connectivity index (χ3n) is 2.95. The molecule has 0 saturated heterocycles. The van der Waals surface area contributed by atoms with Crippen molar-refractivity contribution in [1.82, 2.24) is 14.8 Å². The summed E-state index contributed by atoms with van der Waals surface area (Å²) in [6.45, 7) is 7.28. The summed E-state index contributed by atoms with van der Waals surface area (Å²) in [7, 11) is 0. The largest absolute Gasteiger partial charge is 0.494 e. The van der Waals surface area contributed by atoms with E-state index < -0.39 is 0 Å². The smallest absolute Gasteiger partial charge is 0.195 e. The first kappa shape index (κ1) is 14.5. The third-order valence-corrected chi connectivity index (χ3v) is 3.26. The molecule has 2 rings (SSSR count). The van der Waals surface area contributed by atoms with E-state index >= 15 is 0 Å². The molecule has 0 fully saturated rings. The molecule has 20 heavy (non-hydrogen) atoms. The molecular formula is C15H19N3OS. The van der Waals surface area contributed by atoms with Crippen LogP contribution in [0.3, 0.4) is 0 Å². The molecule has 0 aliphatic heterocycles. The molecule has 0 unspecified atom stereocenters. The number of ether oxygens (including phenoxy) is 1. The Balaban J connectivity index is 2.17. The Morgan fingerprint density at radius 1 is 1.40 bits per heavy atom. The summed E-state index contributed by atoms with van der Waals surface area (Å²) in [4.78, 5) is 0. The van der Waals surface area contributed by atoms with Gasteiger partial charge in [0, 0.05) is 12.1 Å². The average Bonchev–Trinajstić information content (AvgIpc) is 2.82. The van der Waals surface area contributed by atoms with E-state index in [1.807, 2.05) is 28.8 Å². The van der Waals surface area contributed by atoms with Crippen LogP contribution in [-0.2, 0) is 6.54 Å². The standard InChI is InChI=1S/C15H19N3OS/c1-3-5-11-19-13-8-6-12(7-9-13)14-16-17-15(20)18(14)10-4-2/h4,6-9H,2-3,5,10-11H2,1H3,(H,17,20). The SMILES string of the molecule is C=CCn1c(-c2ccc(OCCCC)cc2)n[nH]c1=S. The monoisotopic (exact) mass is 289 g/mol. The maximum absolute atomic E-state index is 5.65. The van der Waals surface area contributed by atoms with Crippen molar-refractivity contribution in [2.24, 2.45) is 0 Å². The van der Waals surface area contributed by atoms with Crippen molar-refractivity contribution in [2.45, 2.75) is 26.3 Å². The highest BCUT2D eigenvalue weighted by molar-refractivity contribution is 7.71. The van der Waals surface area contributed by atoms with E-state index in [2.05, 4.69) is 23.7 Å². The predicted octanol–water partition coefficient (Wildman–Crippen LogP) is 3.97. The minimum Gasteiger partial charge on any atom is -0.494 e. The molecule has 0 aliphatic rings. The van der Waals surface area contributed by atoms with Crippen LogP contribution in [0.15, 0.2) is 36.9 Å². The molecule has 4 nitrogen and oxygen atoms in total. The van der Waals surface area contributed by atoms with Gasteiger partial charge in [-0.1, -0.05) is 19.4 Å². The van der Waals surface area contributed by atoms with Crippen molar-refractivity contribution in [3.05, 3.63) is 41.7 Å². The van der Waals surface area contributed by atoms with Gasteiger partial charge in [0.2, 0.25) is 0 Å². The Morgan fingerprint density at radius 2 is 2.15 bits per heavy atom. The molecule has 1 aromatic carbocycles. The summed E-state index contributed by atoms with van der Waals surface area (Å²) in [5.74, 6) is 1.70. The zero-order valence-electron chi connectivity index (χ0n) is 11.6. The number of hydrogen-bond donors (Lipinski definition) is 1. The van der Waals surface area contributed by atoms with E-state index in [4.69, 9.17) is 17.0 Å². The molecule has 0 spiro atoms. The molecule has 0 atom stereocenters. The predicted molar refractivity (Wildman–Crippen MR) is 83.4 cm³/mol. The number of allylic oxidation sites excluding steroid dienone is 1. The van der Waals surface area contributed by atoms with Crippen LogP contribution < -0.4 is 4.74 Å². The van der Waals surface area contributed by atoms with Crippen LogP contribution in [-0.4, -0.2) is 21.4 Å². The molecule has 2 aromatic rings. The second kappa shape index (κ2) is 7.05. The number of nitrogens with zero attached hydrogens (tertiary/aromatic N) is 2. The second-order valence-corrected chi connectivity index (χ2v) is 4.86. The highest BCUT2D eigenvalue weighted by Gasteiger charge is 2.07. The molecule has 0 aliphatic carbocycles. The van der Waals surface area contributed by atoms with Gasteiger partial charge in [-0.15, -0.1) is 6.58 Å². The molecule has 1 aromatic heterocycles. The van der Waals surface area contributed by atoms with E-state index in [0.29, 0.717) is 11.3 Å². The maximum atomic E-state index is 5.65. The molecule has 0 amide bonds. The molecule has 5 heteroatoms. The summed E-state index contributed by atoms with van der Waals surface area (Å²) in [6.07, 6.45) is 4.01. The third kappa shape index (κ3) is 3.36. The van der Waals surface area contributed by atoms with Gasteiger partial charge in [-0.25, -0.2) is 0 Å². The number of rotatable bonds is 7. The first-order valence-corrected chi connectivity index (χ1v) is 7.16. The van der Waals surface area contributed by atoms with Crippen molar-refractivity contribution in [2.75, 3.05) is 6.61 Å². The number of aromatic nitrogens is 3. The minimum absolute atomic E-state index is 0.600. The van der Waals surface area contributed by atoms with Crippen molar-refractivity contribution < 1.29 is 4.74 Å². The summed E-state index contributed by atoms with van der Waals surface area (Å²) < 4.78 is 8.16. The lowest BCUT2D eigenvalue weighted by molar-refractivity contribution is 0.309. The summed E-state index contributed by atoms with van der Waals surface area (Å²) in [5.41, 5.74) is 1.00. The van der Waals surface area contributed by atoms with Gasteiger partial charge in [0.1, 0.15) is 5.75 Å². The topological polar surface area (TPSA) is 42.8 Å². The first-order chi connectivity index (χ1) is 9.76. The minimum atomic E-state index is 0.600. The highest BCUT2D eigenvalue weighted by Crippen LogP contribution is 2.21. The average molecular weight is 289 g/mol. The Kier molecular flexibility index (Phi) is 5.12. The number of aromatic amines is 1. The van der Waals surface area contributed by atoms with E-state index in [-0.39, 0.29) is 0 Å². The first-order valence-electron chi connectivity index (χ1n) is 6.75. The molecule has 0 saturated carbocycles. The zero-order valence-corrected chi connectivity index (χ0v) is 12.4. The Labute approximate surface area is 124 Å². The van der Waals surface area contributed by atoms with Crippen LogP contribution in [0.5, 0.6) is 5.75 Å². The fraction of sp³-hybridized carbons (Fsp3) is 0.333. The number of benzene rings is 1. The summed E-state index contributed by atoms with van der Waals surface area (Å²) in [5, 5.41) is 7.08. The van der Waals surface area contributed by atoms with Gasteiger partial charge in [0.25, 0.3) is 0 Å². The fourth-order valence-corrected chi connectivity index (χ4v) is 2.08. The van der Waals surface area contributed by atoms with Gasteiger partial charge in [-0.3, -0.25) is 9.67 Å². The second-order valence-electron chi connectivity index (χ2n) is 4.48. The van der Waals surface area contributed by atoms with E-state index in [9.17, 15) is 0 Å². The molecule has 0 radical (unpaired) electrons.